The molecule has 19 heavy (non-hydrogen) atoms. The van der Waals surface area contributed by atoms with Crippen LogP contribution in [0.5, 0.6) is 0 Å². The third kappa shape index (κ3) is 5.20. The van der Waals surface area contributed by atoms with E-state index in [0.29, 0.717) is 4.90 Å². The molecule has 7 heteroatoms. The maximum atomic E-state index is 12.2. The maximum Gasteiger partial charge on any atom is 0.305 e. The van der Waals surface area contributed by atoms with E-state index in [2.05, 4.69) is 0 Å². The molecule has 0 aromatic heterocycles. The summed E-state index contributed by atoms with van der Waals surface area (Å²) in [4.78, 5) is 10.9. The van der Waals surface area contributed by atoms with Crippen molar-refractivity contribution < 1.29 is 19.6 Å². The summed E-state index contributed by atoms with van der Waals surface area (Å²) >= 11 is 10.1. The average molecular weight is 325 g/mol. The Morgan fingerprint density at radius 3 is 2.42 bits per heavy atom. The summed E-state index contributed by atoms with van der Waals surface area (Å²) in [5.41, 5.74) is 1.00. The summed E-state index contributed by atoms with van der Waals surface area (Å²) in [5.74, 6) is -1.17. The molecule has 0 heterocycles. The van der Waals surface area contributed by atoms with E-state index in [1.165, 1.54) is 0 Å². The Labute approximate surface area is 124 Å². The van der Waals surface area contributed by atoms with Crippen LogP contribution in [0.1, 0.15) is 18.4 Å². The molecule has 2 unspecified atom stereocenters. The Bertz CT molecular complexity index is 436. The molecule has 0 aliphatic rings. The zero-order valence-corrected chi connectivity index (χ0v) is 12.5. The van der Waals surface area contributed by atoms with E-state index in [1.54, 1.807) is 24.3 Å². The first kappa shape index (κ1) is 16.6. The van der Waals surface area contributed by atoms with Crippen LogP contribution < -0.4 is 0 Å². The number of carboxylic acid groups (broad SMARTS) is 1. The van der Waals surface area contributed by atoms with Gasteiger partial charge in [0.25, 0.3) is 3.67 Å². The predicted molar refractivity (Wildman–Crippen MR) is 74.9 cm³/mol. The number of carbonyl (C=O) groups is 1. The third-order valence-corrected chi connectivity index (χ3v) is 4.95. The topological polar surface area (TPSA) is 80.6 Å². The van der Waals surface area contributed by atoms with E-state index in [0.717, 1.165) is 5.56 Å². The van der Waals surface area contributed by atoms with E-state index >= 15 is 0 Å². The first-order chi connectivity index (χ1) is 8.72. The number of rotatable bonds is 6. The van der Waals surface area contributed by atoms with Crippen molar-refractivity contribution in [3.63, 3.8) is 0 Å². The second-order valence-corrected chi connectivity index (χ2v) is 7.81. The van der Waals surface area contributed by atoms with Crippen LogP contribution >= 0.6 is 23.2 Å². The van der Waals surface area contributed by atoms with Crippen LogP contribution in [0.4, 0.5) is 0 Å². The fourth-order valence-electron chi connectivity index (χ4n) is 1.46. The Morgan fingerprint density at radius 2 is 1.95 bits per heavy atom. The molecule has 1 aromatic carbocycles. The molecule has 1 aromatic rings. The normalized spacial score (nSPS) is 15.0. The number of aliphatic hydroxyl groups is 1. The number of aliphatic hydroxyl groups excluding tert-OH is 1. The number of carboxylic acids is 1. The van der Waals surface area contributed by atoms with E-state index in [1.807, 2.05) is 6.92 Å². The lowest BCUT2D eigenvalue weighted by Gasteiger charge is -2.25. The number of hydrogen-bond donors (Lipinski definition) is 2. The molecule has 4 nitrogen and oxygen atoms in total. The molecule has 0 saturated heterocycles. The highest BCUT2D eigenvalue weighted by Gasteiger charge is 2.42. The minimum absolute atomic E-state index is 0.289. The van der Waals surface area contributed by atoms with Crippen LogP contribution in [0.15, 0.2) is 29.2 Å². The van der Waals surface area contributed by atoms with Gasteiger partial charge in [0.1, 0.15) is 0 Å². The van der Waals surface area contributed by atoms with Crippen LogP contribution in [0.3, 0.4) is 0 Å². The quantitative estimate of drug-likeness (QED) is 0.622. The van der Waals surface area contributed by atoms with Crippen molar-refractivity contribution in [3.05, 3.63) is 29.8 Å². The molecule has 2 N–H and O–H groups in total. The maximum absolute atomic E-state index is 12.2. The van der Waals surface area contributed by atoms with Gasteiger partial charge in [-0.05, 0) is 42.3 Å². The summed E-state index contributed by atoms with van der Waals surface area (Å²) < 4.78 is 10.5. The van der Waals surface area contributed by atoms with Crippen LogP contribution in [0.2, 0.25) is 0 Å². The fourth-order valence-corrected chi connectivity index (χ4v) is 3.42. The molecular formula is C12H14Cl2O4S. The molecular weight excluding hydrogens is 311 g/mol. The molecule has 0 spiro atoms. The second kappa shape index (κ2) is 6.81. The third-order valence-electron chi connectivity index (χ3n) is 2.39. The van der Waals surface area contributed by atoms with E-state index in [-0.39, 0.29) is 6.42 Å². The Kier molecular flexibility index (Phi) is 5.95. The van der Waals surface area contributed by atoms with Gasteiger partial charge in [0.15, 0.2) is 4.90 Å². The van der Waals surface area contributed by atoms with Crippen LogP contribution in [-0.2, 0) is 16.0 Å². The van der Waals surface area contributed by atoms with Gasteiger partial charge < -0.3 is 14.8 Å². The van der Waals surface area contributed by atoms with Crippen LogP contribution in [-0.4, -0.2) is 30.5 Å². The van der Waals surface area contributed by atoms with Gasteiger partial charge in [0, 0.05) is 11.2 Å². The Morgan fingerprint density at radius 1 is 1.42 bits per heavy atom. The van der Waals surface area contributed by atoms with Gasteiger partial charge in [-0.1, -0.05) is 17.7 Å². The lowest BCUT2D eigenvalue weighted by Crippen LogP contribution is -2.32. The van der Waals surface area contributed by atoms with Gasteiger partial charge in [0.05, 0.1) is 18.9 Å². The molecule has 1 rings (SSSR count). The lowest BCUT2D eigenvalue weighted by molar-refractivity contribution is -0.139. The zero-order chi connectivity index (χ0) is 14.6. The Balaban J connectivity index is 2.75. The van der Waals surface area contributed by atoms with Gasteiger partial charge in [-0.3, -0.25) is 4.79 Å². The van der Waals surface area contributed by atoms with Crippen molar-refractivity contribution in [2.24, 2.45) is 0 Å². The molecule has 0 aliphatic carbocycles. The number of aliphatic carboxylic acids is 1. The Hall–Kier alpha value is -0.460. The molecule has 0 amide bonds. The van der Waals surface area contributed by atoms with E-state index in [4.69, 9.17) is 28.3 Å². The number of hydrogen-bond acceptors (Lipinski definition) is 3. The highest BCUT2D eigenvalue weighted by atomic mass is 35.5. The van der Waals surface area contributed by atoms with Crippen molar-refractivity contribution in [3.8, 4) is 0 Å². The molecule has 0 saturated carbocycles. The highest BCUT2D eigenvalue weighted by molar-refractivity contribution is 7.95. The number of benzene rings is 1. The summed E-state index contributed by atoms with van der Waals surface area (Å²) in [6.07, 6.45) is -2.03. The molecule has 106 valence electrons. The largest absolute Gasteiger partial charge is 0.609 e. The SMILES string of the molecule is Cc1ccc([S+]([O-])C(Cl)(Cl)CC(O)CC(=O)O)cc1. The first-order valence-electron chi connectivity index (χ1n) is 5.48. The molecule has 0 bridgehead atoms. The predicted octanol–water partition coefficient (Wildman–Crippen LogP) is 2.46. The number of halogens is 2. The van der Waals surface area contributed by atoms with Gasteiger partial charge in [0.2, 0.25) is 0 Å². The summed E-state index contributed by atoms with van der Waals surface area (Å²) in [7, 11) is 0. The number of aryl methyl sites for hydroxylation is 1. The summed E-state index contributed by atoms with van der Waals surface area (Å²) in [6, 6.07) is 6.80. The zero-order valence-electron chi connectivity index (χ0n) is 10.2. The number of alkyl halides is 2. The van der Waals surface area contributed by atoms with Crippen molar-refractivity contribution in [2.45, 2.75) is 34.4 Å². The summed E-state index contributed by atoms with van der Waals surface area (Å²) in [6.45, 7) is 1.89. The molecule has 2 atom stereocenters. The van der Waals surface area contributed by atoms with E-state index in [9.17, 15) is 14.5 Å². The minimum atomic E-state index is -1.76. The van der Waals surface area contributed by atoms with Crippen LogP contribution in [0.25, 0.3) is 0 Å². The molecule has 0 aliphatic heterocycles. The molecule has 0 radical (unpaired) electrons. The smallest absolute Gasteiger partial charge is 0.305 e. The van der Waals surface area contributed by atoms with Crippen molar-refractivity contribution >= 4 is 40.3 Å². The van der Waals surface area contributed by atoms with Crippen LogP contribution in [0, 0.1) is 6.92 Å². The van der Waals surface area contributed by atoms with Gasteiger partial charge >= 0.3 is 5.97 Å². The standard InChI is InChI=1S/C12H14Cl2O4S/c1-8-2-4-10(5-3-8)19(18)12(13,14)7-9(15)6-11(16)17/h2-5,9,15H,6-7H2,1H3,(H,16,17). The van der Waals surface area contributed by atoms with E-state index < -0.39 is 33.3 Å². The monoisotopic (exact) mass is 324 g/mol. The van der Waals surface area contributed by atoms with Crippen molar-refractivity contribution in [2.75, 3.05) is 0 Å². The van der Waals surface area contributed by atoms with Crippen molar-refractivity contribution in [1.29, 1.82) is 0 Å². The van der Waals surface area contributed by atoms with Crippen molar-refractivity contribution in [1.82, 2.24) is 0 Å². The second-order valence-electron chi connectivity index (χ2n) is 4.17. The average Bonchev–Trinajstić information content (AvgIpc) is 2.27. The molecule has 0 fully saturated rings. The fraction of sp³-hybridized carbons (Fsp3) is 0.417. The minimum Gasteiger partial charge on any atom is -0.609 e. The lowest BCUT2D eigenvalue weighted by atomic mass is 10.2. The van der Waals surface area contributed by atoms with Gasteiger partial charge in [-0.2, -0.15) is 0 Å². The summed E-state index contributed by atoms with van der Waals surface area (Å²) in [5, 5.41) is 18.1. The first-order valence-corrected chi connectivity index (χ1v) is 7.39. The van der Waals surface area contributed by atoms with Gasteiger partial charge in [-0.25, -0.2) is 0 Å². The van der Waals surface area contributed by atoms with Gasteiger partial charge in [-0.15, -0.1) is 0 Å². The highest BCUT2D eigenvalue weighted by Crippen LogP contribution is 2.38.